The van der Waals surface area contributed by atoms with Crippen molar-refractivity contribution in [3.63, 3.8) is 0 Å². The van der Waals surface area contributed by atoms with Gasteiger partial charge in [0.1, 0.15) is 0 Å². The molecule has 1 atom stereocenters. The fourth-order valence-electron chi connectivity index (χ4n) is 1.99. The predicted molar refractivity (Wildman–Crippen MR) is 73.1 cm³/mol. The molecule has 0 fully saturated rings. The van der Waals surface area contributed by atoms with Gasteiger partial charge in [-0.1, -0.05) is 6.92 Å². The number of hydrogen-bond acceptors (Lipinski definition) is 4. The molecular formula is C13H17N3O3. The highest BCUT2D eigenvalue weighted by molar-refractivity contribution is 5.96. The molecule has 0 saturated carbocycles. The van der Waals surface area contributed by atoms with E-state index in [0.29, 0.717) is 29.8 Å². The molecule has 2 rings (SSSR count). The van der Waals surface area contributed by atoms with Gasteiger partial charge in [-0.3, -0.25) is 9.78 Å². The van der Waals surface area contributed by atoms with Crippen molar-refractivity contribution in [2.75, 3.05) is 18.5 Å². The Bertz CT molecular complexity index is 640. The Morgan fingerprint density at radius 3 is 2.89 bits per heavy atom. The molecule has 0 aliphatic rings. The van der Waals surface area contributed by atoms with E-state index in [1.807, 2.05) is 6.92 Å². The fourth-order valence-corrected chi connectivity index (χ4v) is 1.99. The smallest absolute Gasteiger partial charge is 0.408 e. The van der Waals surface area contributed by atoms with E-state index >= 15 is 0 Å². The third-order valence-electron chi connectivity index (χ3n) is 3.25. The number of rotatable bonds is 4. The van der Waals surface area contributed by atoms with Gasteiger partial charge in [0.15, 0.2) is 5.58 Å². The van der Waals surface area contributed by atoms with E-state index in [0.717, 1.165) is 0 Å². The lowest BCUT2D eigenvalue weighted by Crippen LogP contribution is -2.36. The first-order chi connectivity index (χ1) is 9.06. The van der Waals surface area contributed by atoms with Crippen molar-refractivity contribution in [2.24, 2.45) is 11.7 Å². The summed E-state index contributed by atoms with van der Waals surface area (Å²) in [5.74, 6) is -0.740. The van der Waals surface area contributed by atoms with Gasteiger partial charge in [0, 0.05) is 25.3 Å². The number of anilines is 1. The van der Waals surface area contributed by atoms with Crippen molar-refractivity contribution >= 4 is 22.7 Å². The van der Waals surface area contributed by atoms with Gasteiger partial charge in [0.25, 0.3) is 0 Å². The van der Waals surface area contributed by atoms with Crippen LogP contribution in [0.5, 0.6) is 0 Å². The Hall–Kier alpha value is -2.08. The topological polar surface area (TPSA) is 92.3 Å². The summed E-state index contributed by atoms with van der Waals surface area (Å²) in [4.78, 5) is 27.4. The van der Waals surface area contributed by atoms with Gasteiger partial charge in [0.05, 0.1) is 11.4 Å². The molecule has 1 heterocycles. The van der Waals surface area contributed by atoms with Crippen molar-refractivity contribution in [2.45, 2.75) is 13.3 Å². The summed E-state index contributed by atoms with van der Waals surface area (Å²) in [5, 5.41) is 0. The molecule has 2 aromatic rings. The van der Waals surface area contributed by atoms with Crippen LogP contribution in [0.15, 0.2) is 27.4 Å². The number of fused-ring (bicyclic) bond motifs is 1. The maximum atomic E-state index is 12.2. The van der Waals surface area contributed by atoms with Crippen molar-refractivity contribution in [3.8, 4) is 0 Å². The molecule has 0 aliphatic heterocycles. The van der Waals surface area contributed by atoms with E-state index < -0.39 is 5.76 Å². The van der Waals surface area contributed by atoms with Crippen molar-refractivity contribution in [3.05, 3.63) is 28.7 Å². The minimum Gasteiger partial charge on any atom is -0.408 e. The summed E-state index contributed by atoms with van der Waals surface area (Å²) in [6, 6.07) is 5.13. The number of nitrogens with zero attached hydrogens (tertiary/aromatic N) is 1. The van der Waals surface area contributed by atoms with Crippen molar-refractivity contribution < 1.29 is 9.21 Å². The molecule has 1 amide bonds. The summed E-state index contributed by atoms with van der Waals surface area (Å²) >= 11 is 0. The van der Waals surface area contributed by atoms with Crippen LogP contribution in [0, 0.1) is 5.92 Å². The van der Waals surface area contributed by atoms with Crippen LogP contribution in [0.4, 0.5) is 5.69 Å². The Morgan fingerprint density at radius 1 is 1.53 bits per heavy atom. The third kappa shape index (κ3) is 2.53. The molecule has 19 heavy (non-hydrogen) atoms. The Balaban J connectivity index is 2.32. The Kier molecular flexibility index (Phi) is 3.71. The number of oxazole rings is 1. The number of nitrogens with two attached hydrogens (primary N) is 1. The van der Waals surface area contributed by atoms with Crippen LogP contribution < -0.4 is 16.4 Å². The standard InChI is InChI=1S/C13H17N3O3/c1-3-8(7-14)12(17)16(2)9-4-5-10-11(6-9)19-13(18)15-10/h4-6,8H,3,7,14H2,1-2H3,(H,15,18). The molecule has 0 saturated heterocycles. The quantitative estimate of drug-likeness (QED) is 0.863. The van der Waals surface area contributed by atoms with Gasteiger partial charge >= 0.3 is 5.76 Å². The van der Waals surface area contributed by atoms with Gasteiger partial charge < -0.3 is 15.1 Å². The second-order valence-corrected chi connectivity index (χ2v) is 4.43. The summed E-state index contributed by atoms with van der Waals surface area (Å²) < 4.78 is 4.98. The zero-order valence-corrected chi connectivity index (χ0v) is 11.0. The molecule has 6 nitrogen and oxygen atoms in total. The predicted octanol–water partition coefficient (Wildman–Crippen LogP) is 1.07. The van der Waals surface area contributed by atoms with Crippen molar-refractivity contribution in [1.29, 1.82) is 0 Å². The maximum Gasteiger partial charge on any atom is 0.417 e. The normalized spacial score (nSPS) is 12.6. The molecule has 102 valence electrons. The van der Waals surface area contributed by atoms with E-state index in [9.17, 15) is 9.59 Å². The number of nitrogens with one attached hydrogen (secondary N) is 1. The van der Waals surface area contributed by atoms with E-state index in [2.05, 4.69) is 4.98 Å². The van der Waals surface area contributed by atoms with Gasteiger partial charge in [-0.15, -0.1) is 0 Å². The summed E-state index contributed by atoms with van der Waals surface area (Å²) in [5.41, 5.74) is 7.30. The molecule has 0 aliphatic carbocycles. The van der Waals surface area contributed by atoms with E-state index in [1.165, 1.54) is 4.90 Å². The monoisotopic (exact) mass is 263 g/mol. The third-order valence-corrected chi connectivity index (χ3v) is 3.25. The van der Waals surface area contributed by atoms with Crippen LogP contribution >= 0.6 is 0 Å². The van der Waals surface area contributed by atoms with Crippen LogP contribution in [0.25, 0.3) is 11.1 Å². The first-order valence-corrected chi connectivity index (χ1v) is 6.17. The minimum atomic E-state index is -0.505. The zero-order chi connectivity index (χ0) is 14.0. The van der Waals surface area contributed by atoms with E-state index in [1.54, 1.807) is 25.2 Å². The number of aromatic amines is 1. The number of H-pyrrole nitrogens is 1. The molecule has 6 heteroatoms. The second-order valence-electron chi connectivity index (χ2n) is 4.43. The molecule has 0 bridgehead atoms. The lowest BCUT2D eigenvalue weighted by atomic mass is 10.1. The summed E-state index contributed by atoms with van der Waals surface area (Å²) in [6.45, 7) is 2.25. The first-order valence-electron chi connectivity index (χ1n) is 6.17. The number of benzene rings is 1. The largest absolute Gasteiger partial charge is 0.417 e. The SMILES string of the molecule is CCC(CN)C(=O)N(C)c1ccc2[nH]c(=O)oc2c1. The Labute approximate surface area is 110 Å². The zero-order valence-electron chi connectivity index (χ0n) is 11.0. The van der Waals surface area contributed by atoms with Gasteiger partial charge in [-0.25, -0.2) is 4.79 Å². The number of carbonyl (C=O) groups is 1. The van der Waals surface area contributed by atoms with Crippen molar-refractivity contribution in [1.82, 2.24) is 4.98 Å². The lowest BCUT2D eigenvalue weighted by Gasteiger charge is -2.22. The van der Waals surface area contributed by atoms with Crippen LogP contribution in [0.1, 0.15) is 13.3 Å². The molecule has 0 spiro atoms. The second kappa shape index (κ2) is 5.27. The highest BCUT2D eigenvalue weighted by atomic mass is 16.4. The van der Waals surface area contributed by atoms with Crippen LogP contribution in [-0.2, 0) is 4.79 Å². The summed E-state index contributed by atoms with van der Waals surface area (Å²) in [6.07, 6.45) is 0.696. The first kappa shape index (κ1) is 13.4. The number of amides is 1. The molecular weight excluding hydrogens is 246 g/mol. The van der Waals surface area contributed by atoms with Gasteiger partial charge in [-0.05, 0) is 18.6 Å². The molecule has 1 aromatic carbocycles. The molecule has 1 aromatic heterocycles. The highest BCUT2D eigenvalue weighted by Crippen LogP contribution is 2.21. The van der Waals surface area contributed by atoms with Gasteiger partial charge in [-0.2, -0.15) is 0 Å². The average molecular weight is 263 g/mol. The van der Waals surface area contributed by atoms with E-state index in [4.69, 9.17) is 10.2 Å². The van der Waals surface area contributed by atoms with Crippen LogP contribution in [0.2, 0.25) is 0 Å². The molecule has 0 radical (unpaired) electrons. The summed E-state index contributed by atoms with van der Waals surface area (Å²) in [7, 11) is 1.69. The number of carbonyl (C=O) groups excluding carboxylic acids is 1. The highest BCUT2D eigenvalue weighted by Gasteiger charge is 2.20. The average Bonchev–Trinajstić information content (AvgIpc) is 2.78. The van der Waals surface area contributed by atoms with Crippen LogP contribution in [0.3, 0.4) is 0 Å². The maximum absolute atomic E-state index is 12.2. The fraction of sp³-hybridized carbons (Fsp3) is 0.385. The molecule has 1 unspecified atom stereocenters. The van der Waals surface area contributed by atoms with E-state index in [-0.39, 0.29) is 11.8 Å². The molecule has 3 N–H and O–H groups in total. The van der Waals surface area contributed by atoms with Crippen LogP contribution in [-0.4, -0.2) is 24.5 Å². The minimum absolute atomic E-state index is 0.0396. The van der Waals surface area contributed by atoms with Gasteiger partial charge in [0.2, 0.25) is 5.91 Å². The number of aromatic nitrogens is 1. The number of hydrogen-bond donors (Lipinski definition) is 2. The Morgan fingerprint density at radius 2 is 2.26 bits per heavy atom. The lowest BCUT2D eigenvalue weighted by molar-refractivity contribution is -0.121.